The van der Waals surface area contributed by atoms with Gasteiger partial charge in [0.25, 0.3) is 0 Å². The van der Waals surface area contributed by atoms with Gasteiger partial charge in [0, 0.05) is 30.1 Å². The number of nitrogens with one attached hydrogen (secondary N) is 3. The topological polar surface area (TPSA) is 87.3 Å². The van der Waals surface area contributed by atoms with E-state index in [0.717, 1.165) is 37.7 Å². The molecule has 2 amide bonds. The first kappa shape index (κ1) is 15.2. The summed E-state index contributed by atoms with van der Waals surface area (Å²) < 4.78 is 36.5. The maximum atomic E-state index is 13.8. The largest absolute Gasteiger partial charge is 0.334 e. The van der Waals surface area contributed by atoms with Crippen LogP contribution in [0.25, 0.3) is 0 Å². The molecule has 0 aromatic heterocycles. The van der Waals surface area contributed by atoms with Crippen LogP contribution in [0.5, 0.6) is 0 Å². The highest BCUT2D eigenvalue weighted by molar-refractivity contribution is 7.90. The molecule has 120 valence electrons. The Hall–Kier alpha value is -1.67. The molecule has 2 aliphatic rings. The Morgan fingerprint density at radius 1 is 1.36 bits per heavy atom. The van der Waals surface area contributed by atoms with Crippen LogP contribution in [-0.4, -0.2) is 38.8 Å². The molecule has 0 saturated carbocycles. The highest BCUT2D eigenvalue weighted by Crippen LogP contribution is 2.28. The zero-order chi connectivity index (χ0) is 15.9. The van der Waals surface area contributed by atoms with Crippen LogP contribution >= 0.6 is 0 Å². The van der Waals surface area contributed by atoms with Crippen molar-refractivity contribution in [2.45, 2.75) is 42.3 Å². The third-order valence-corrected chi connectivity index (χ3v) is 5.34. The number of hydrogen-bond donors (Lipinski definition) is 3. The molecule has 2 heterocycles. The van der Waals surface area contributed by atoms with E-state index in [2.05, 4.69) is 16.0 Å². The van der Waals surface area contributed by atoms with E-state index < -0.39 is 21.7 Å². The van der Waals surface area contributed by atoms with Crippen molar-refractivity contribution in [1.29, 1.82) is 0 Å². The highest BCUT2D eigenvalue weighted by atomic mass is 32.2. The van der Waals surface area contributed by atoms with Gasteiger partial charge in [-0.3, -0.25) is 0 Å². The van der Waals surface area contributed by atoms with Crippen LogP contribution in [0.2, 0.25) is 0 Å². The quantitative estimate of drug-likeness (QED) is 0.779. The monoisotopic (exact) mass is 327 g/mol. The second-order valence-electron chi connectivity index (χ2n) is 5.91. The average molecular weight is 327 g/mol. The van der Waals surface area contributed by atoms with Crippen molar-refractivity contribution >= 4 is 21.6 Å². The van der Waals surface area contributed by atoms with Crippen LogP contribution in [0.3, 0.4) is 0 Å². The van der Waals surface area contributed by atoms with E-state index >= 15 is 0 Å². The molecule has 0 unspecified atom stereocenters. The van der Waals surface area contributed by atoms with Crippen LogP contribution in [0.1, 0.15) is 19.3 Å². The molecule has 2 fully saturated rings. The molecule has 1 aromatic carbocycles. The lowest BCUT2D eigenvalue weighted by Crippen LogP contribution is -2.44. The molecule has 3 N–H and O–H groups in total. The first-order valence-electron chi connectivity index (χ1n) is 7.16. The molecule has 22 heavy (non-hydrogen) atoms. The molecule has 0 aliphatic carbocycles. The van der Waals surface area contributed by atoms with Gasteiger partial charge in [0.05, 0.1) is 0 Å². The molecule has 8 heteroatoms. The number of sulfone groups is 1. The Bertz CT molecular complexity index is 707. The van der Waals surface area contributed by atoms with Gasteiger partial charge in [-0.1, -0.05) is 0 Å². The minimum Gasteiger partial charge on any atom is -0.334 e. The fraction of sp³-hybridized carbons (Fsp3) is 0.500. The number of hydrogen-bond acceptors (Lipinski definition) is 4. The lowest BCUT2D eigenvalue weighted by Gasteiger charge is -2.21. The third-order valence-electron chi connectivity index (χ3n) is 4.21. The summed E-state index contributed by atoms with van der Waals surface area (Å²) in [6.45, 7) is 0. The summed E-state index contributed by atoms with van der Waals surface area (Å²) in [6.07, 6.45) is 4.03. The fourth-order valence-corrected chi connectivity index (χ4v) is 3.93. The summed E-state index contributed by atoms with van der Waals surface area (Å²) in [6, 6.07) is 3.98. The molecule has 2 saturated heterocycles. The average Bonchev–Trinajstić information content (AvgIpc) is 2.99. The smallest absolute Gasteiger partial charge is 0.319 e. The van der Waals surface area contributed by atoms with E-state index in [1.54, 1.807) is 0 Å². The van der Waals surface area contributed by atoms with Gasteiger partial charge in [0.1, 0.15) is 10.7 Å². The lowest BCUT2D eigenvalue weighted by molar-refractivity contribution is 0.246. The molecule has 0 radical (unpaired) electrons. The van der Waals surface area contributed by atoms with Gasteiger partial charge >= 0.3 is 6.03 Å². The summed E-state index contributed by atoms with van der Waals surface area (Å²) in [5.74, 6) is -0.873. The number of carbonyl (C=O) groups excluding carboxylic acids is 1. The van der Waals surface area contributed by atoms with Crippen molar-refractivity contribution in [3.05, 3.63) is 24.0 Å². The number of fused-ring (bicyclic) bond motifs is 2. The molecule has 3 atom stereocenters. The molecule has 1 aromatic rings. The van der Waals surface area contributed by atoms with E-state index in [1.165, 1.54) is 6.07 Å². The van der Waals surface area contributed by atoms with Gasteiger partial charge in [0.15, 0.2) is 9.84 Å². The van der Waals surface area contributed by atoms with Crippen molar-refractivity contribution < 1.29 is 17.6 Å². The lowest BCUT2D eigenvalue weighted by atomic mass is 9.96. The van der Waals surface area contributed by atoms with Gasteiger partial charge < -0.3 is 16.0 Å². The summed E-state index contributed by atoms with van der Waals surface area (Å²) in [4.78, 5) is 11.6. The van der Waals surface area contributed by atoms with Gasteiger partial charge in [-0.2, -0.15) is 0 Å². The normalized spacial score (nSPS) is 26.9. The first-order chi connectivity index (χ1) is 10.3. The number of amides is 2. The Morgan fingerprint density at radius 3 is 2.68 bits per heavy atom. The van der Waals surface area contributed by atoms with Crippen LogP contribution < -0.4 is 16.0 Å². The molecule has 6 nitrogen and oxygen atoms in total. The van der Waals surface area contributed by atoms with Gasteiger partial charge in [-0.25, -0.2) is 17.6 Å². The van der Waals surface area contributed by atoms with Gasteiger partial charge in [-0.15, -0.1) is 0 Å². The van der Waals surface area contributed by atoms with Gasteiger partial charge in [0.2, 0.25) is 0 Å². The summed E-state index contributed by atoms with van der Waals surface area (Å²) >= 11 is 0. The standard InChI is InChI=1S/C14H18FN3O3S/c1-22(20,21)13-5-3-8(6-10(13)15)17-14(19)18-12-7-9-2-4-11(12)16-9/h3,5-6,9,11-12,16H,2,4,7H2,1H3,(H2,17,18,19)/t9-,11+,12+/m0/s1. The first-order valence-corrected chi connectivity index (χ1v) is 9.05. The maximum Gasteiger partial charge on any atom is 0.319 e. The van der Waals surface area contributed by atoms with E-state index in [1.807, 2.05) is 0 Å². The molecular formula is C14H18FN3O3S. The van der Waals surface area contributed by atoms with Crippen molar-refractivity contribution in [2.24, 2.45) is 0 Å². The Morgan fingerprint density at radius 2 is 2.14 bits per heavy atom. The van der Waals surface area contributed by atoms with Crippen LogP contribution in [0.15, 0.2) is 23.1 Å². The summed E-state index contributed by atoms with van der Waals surface area (Å²) in [5, 5.41) is 8.82. The third kappa shape index (κ3) is 3.07. The van der Waals surface area contributed by atoms with E-state index in [0.29, 0.717) is 12.1 Å². The number of rotatable bonds is 3. The van der Waals surface area contributed by atoms with E-state index in [4.69, 9.17) is 0 Å². The Labute approximate surface area is 128 Å². The van der Waals surface area contributed by atoms with E-state index in [-0.39, 0.29) is 16.6 Å². The predicted octanol–water partition coefficient (Wildman–Crippen LogP) is 1.24. The van der Waals surface area contributed by atoms with Crippen molar-refractivity contribution in [3.63, 3.8) is 0 Å². The second-order valence-corrected chi connectivity index (χ2v) is 7.89. The summed E-state index contributed by atoms with van der Waals surface area (Å²) in [5.41, 5.74) is 0.221. The van der Waals surface area contributed by atoms with E-state index in [9.17, 15) is 17.6 Å². The van der Waals surface area contributed by atoms with Crippen molar-refractivity contribution in [1.82, 2.24) is 10.6 Å². The molecule has 0 spiro atoms. The minimum absolute atomic E-state index is 0.0823. The van der Waals surface area contributed by atoms with Crippen LogP contribution in [0.4, 0.5) is 14.9 Å². The SMILES string of the molecule is CS(=O)(=O)c1ccc(NC(=O)N[C@@H]2C[C@@H]3CC[C@H]2N3)cc1F. The highest BCUT2D eigenvalue weighted by Gasteiger charge is 2.39. The Kier molecular flexibility index (Phi) is 3.82. The zero-order valence-corrected chi connectivity index (χ0v) is 12.9. The number of carbonyl (C=O) groups is 1. The zero-order valence-electron chi connectivity index (χ0n) is 12.1. The maximum absolute atomic E-state index is 13.8. The number of urea groups is 1. The molecule has 2 bridgehead atoms. The molecule has 3 rings (SSSR count). The number of anilines is 1. The number of halogens is 1. The minimum atomic E-state index is -3.61. The van der Waals surface area contributed by atoms with Crippen molar-refractivity contribution in [2.75, 3.05) is 11.6 Å². The molecular weight excluding hydrogens is 309 g/mol. The predicted molar refractivity (Wildman–Crippen MR) is 80.0 cm³/mol. The molecule has 2 aliphatic heterocycles. The van der Waals surface area contributed by atoms with Crippen LogP contribution in [-0.2, 0) is 9.84 Å². The van der Waals surface area contributed by atoms with Crippen molar-refractivity contribution in [3.8, 4) is 0 Å². The van der Waals surface area contributed by atoms with Crippen LogP contribution in [0, 0.1) is 5.82 Å². The Balaban J connectivity index is 1.63. The van der Waals surface area contributed by atoms with Gasteiger partial charge in [-0.05, 0) is 37.5 Å². The fourth-order valence-electron chi connectivity index (χ4n) is 3.20. The number of benzene rings is 1. The summed E-state index contributed by atoms with van der Waals surface area (Å²) in [7, 11) is -3.61. The second kappa shape index (κ2) is 5.51.